The summed E-state index contributed by atoms with van der Waals surface area (Å²) in [6, 6.07) is 7.28. The Morgan fingerprint density at radius 1 is 1.40 bits per heavy atom. The van der Waals surface area contributed by atoms with Gasteiger partial charge in [-0.2, -0.15) is 0 Å². The van der Waals surface area contributed by atoms with Crippen LogP contribution in [0.25, 0.3) is 0 Å². The van der Waals surface area contributed by atoms with Gasteiger partial charge in [0.15, 0.2) is 23.0 Å². The van der Waals surface area contributed by atoms with Crippen molar-refractivity contribution in [1.29, 1.82) is 0 Å². The van der Waals surface area contributed by atoms with Crippen LogP contribution in [0.5, 0.6) is 5.75 Å². The van der Waals surface area contributed by atoms with E-state index in [2.05, 4.69) is 10.5 Å². The molecule has 0 bridgehead atoms. The van der Waals surface area contributed by atoms with Crippen LogP contribution in [-0.2, 0) is 11.4 Å². The van der Waals surface area contributed by atoms with Gasteiger partial charge in [0, 0.05) is 12.6 Å². The number of amides is 1. The minimum Gasteiger partial charge on any atom is -0.482 e. The van der Waals surface area contributed by atoms with Crippen LogP contribution in [0.1, 0.15) is 36.0 Å². The Hall–Kier alpha value is -2.90. The molecule has 0 saturated heterocycles. The highest BCUT2D eigenvalue weighted by Gasteiger charge is 2.19. The number of carboxylic acid groups (broad SMARTS) is 1. The Morgan fingerprint density at radius 3 is 2.84 bits per heavy atom. The lowest BCUT2D eigenvalue weighted by Gasteiger charge is -2.11. The van der Waals surface area contributed by atoms with E-state index in [4.69, 9.17) is 14.4 Å². The van der Waals surface area contributed by atoms with Crippen LogP contribution < -0.4 is 10.1 Å². The van der Waals surface area contributed by atoms with Gasteiger partial charge in [0.2, 0.25) is 0 Å². The number of halogens is 1. The lowest BCUT2D eigenvalue weighted by Crippen LogP contribution is -2.33. The Labute approximate surface area is 143 Å². The van der Waals surface area contributed by atoms with Crippen LogP contribution in [-0.4, -0.2) is 28.7 Å². The van der Waals surface area contributed by atoms with E-state index < -0.39 is 23.6 Å². The van der Waals surface area contributed by atoms with E-state index >= 15 is 0 Å². The predicted octanol–water partition coefficient (Wildman–Crippen LogP) is 2.62. The number of nitrogens with one attached hydrogen (secondary N) is 1. The highest BCUT2D eigenvalue weighted by atomic mass is 19.1. The fraction of sp³-hybridized carbons (Fsp3) is 0.353. The highest BCUT2D eigenvalue weighted by Crippen LogP contribution is 2.17. The first-order chi connectivity index (χ1) is 12.0. The lowest BCUT2D eigenvalue weighted by molar-refractivity contribution is -0.141. The van der Waals surface area contributed by atoms with E-state index in [0.717, 1.165) is 0 Å². The molecule has 0 spiro atoms. The number of carbonyl (C=O) groups excluding carboxylic acids is 1. The van der Waals surface area contributed by atoms with Crippen molar-refractivity contribution >= 4 is 11.9 Å². The lowest BCUT2D eigenvalue weighted by atomic mass is 10.0. The van der Waals surface area contributed by atoms with Crippen LogP contribution in [0, 0.1) is 11.7 Å². The molecule has 25 heavy (non-hydrogen) atoms. The molecule has 1 heterocycles. The van der Waals surface area contributed by atoms with Crippen molar-refractivity contribution in [2.45, 2.75) is 26.4 Å². The Morgan fingerprint density at radius 2 is 2.16 bits per heavy atom. The summed E-state index contributed by atoms with van der Waals surface area (Å²) < 4.78 is 23.7. The number of aliphatic carboxylic acids is 1. The first-order valence-corrected chi connectivity index (χ1v) is 7.85. The number of carbonyl (C=O) groups is 2. The third-order valence-electron chi connectivity index (χ3n) is 3.49. The number of rotatable bonds is 9. The van der Waals surface area contributed by atoms with Crippen LogP contribution in [0.2, 0.25) is 0 Å². The van der Waals surface area contributed by atoms with Crippen molar-refractivity contribution in [3.8, 4) is 5.75 Å². The van der Waals surface area contributed by atoms with Crippen molar-refractivity contribution in [3.05, 3.63) is 47.6 Å². The summed E-state index contributed by atoms with van der Waals surface area (Å²) in [6.07, 6.45) is 1.17. The fourth-order valence-corrected chi connectivity index (χ4v) is 2.17. The quantitative estimate of drug-likeness (QED) is 0.721. The highest BCUT2D eigenvalue weighted by molar-refractivity contribution is 5.92. The maximum Gasteiger partial charge on any atom is 0.308 e. The summed E-state index contributed by atoms with van der Waals surface area (Å²) in [6.45, 7) is 1.79. The Bertz CT molecular complexity index is 731. The first-order valence-electron chi connectivity index (χ1n) is 7.85. The monoisotopic (exact) mass is 350 g/mol. The van der Waals surface area contributed by atoms with E-state index in [9.17, 15) is 14.0 Å². The molecular weight excluding hydrogens is 331 g/mol. The number of carboxylic acids is 1. The van der Waals surface area contributed by atoms with Gasteiger partial charge in [-0.25, -0.2) is 4.39 Å². The van der Waals surface area contributed by atoms with Crippen LogP contribution >= 0.6 is 0 Å². The predicted molar refractivity (Wildman–Crippen MR) is 85.6 cm³/mol. The molecule has 1 aromatic carbocycles. The van der Waals surface area contributed by atoms with E-state index in [1.807, 2.05) is 6.92 Å². The largest absolute Gasteiger partial charge is 0.482 e. The Kier molecular flexibility index (Phi) is 6.50. The number of hydrogen-bond donors (Lipinski definition) is 2. The van der Waals surface area contributed by atoms with Crippen molar-refractivity contribution in [2.24, 2.45) is 5.92 Å². The molecule has 0 aliphatic rings. The number of aromatic nitrogens is 1. The van der Waals surface area contributed by atoms with Crippen LogP contribution in [0.3, 0.4) is 0 Å². The summed E-state index contributed by atoms with van der Waals surface area (Å²) in [5.41, 5.74) is 0.00720. The number of ether oxygens (including phenoxy) is 1. The van der Waals surface area contributed by atoms with Crippen LogP contribution in [0.4, 0.5) is 4.39 Å². The molecule has 134 valence electrons. The summed E-state index contributed by atoms with van der Waals surface area (Å²) in [5, 5.41) is 15.2. The summed E-state index contributed by atoms with van der Waals surface area (Å²) in [5.74, 6) is -2.34. The number of benzene rings is 1. The third kappa shape index (κ3) is 5.30. The molecule has 1 aromatic heterocycles. The molecule has 7 nitrogen and oxygen atoms in total. The van der Waals surface area contributed by atoms with E-state index in [1.165, 1.54) is 18.2 Å². The second kappa shape index (κ2) is 8.81. The average Bonchev–Trinajstić information content (AvgIpc) is 3.06. The molecule has 1 amide bonds. The standard InChI is InChI=1S/C17H19FN2O5/c1-2-5-11(17(22)23)9-19-16(21)14-8-12(25-20-14)10-24-15-7-4-3-6-13(15)18/h3-4,6-8,11H,2,5,9-10H2,1H3,(H,19,21)(H,22,23). The zero-order chi connectivity index (χ0) is 18.2. The molecule has 1 atom stereocenters. The molecule has 8 heteroatoms. The molecule has 0 radical (unpaired) electrons. The van der Waals surface area contributed by atoms with Crippen LogP contribution in [0.15, 0.2) is 34.9 Å². The molecule has 2 rings (SSSR count). The van der Waals surface area contributed by atoms with Gasteiger partial charge in [0.25, 0.3) is 5.91 Å². The van der Waals surface area contributed by atoms with Gasteiger partial charge in [0.1, 0.15) is 6.61 Å². The average molecular weight is 350 g/mol. The van der Waals surface area contributed by atoms with Gasteiger partial charge in [-0.05, 0) is 18.6 Å². The third-order valence-corrected chi connectivity index (χ3v) is 3.49. The van der Waals surface area contributed by atoms with Gasteiger partial charge in [-0.3, -0.25) is 9.59 Å². The second-order valence-electron chi connectivity index (χ2n) is 5.43. The van der Waals surface area contributed by atoms with Crippen molar-refractivity contribution in [3.63, 3.8) is 0 Å². The minimum absolute atomic E-state index is 0.00720. The van der Waals surface area contributed by atoms with Gasteiger partial charge in [-0.1, -0.05) is 30.6 Å². The smallest absolute Gasteiger partial charge is 0.308 e. The Balaban J connectivity index is 1.88. The van der Waals surface area contributed by atoms with Crippen molar-refractivity contribution < 1.29 is 28.3 Å². The SMILES string of the molecule is CCCC(CNC(=O)c1cc(COc2ccccc2F)on1)C(=O)O. The topological polar surface area (TPSA) is 102 Å². The zero-order valence-electron chi connectivity index (χ0n) is 13.7. The normalized spacial score (nSPS) is 11.8. The summed E-state index contributed by atoms with van der Waals surface area (Å²) in [7, 11) is 0. The number of para-hydroxylation sites is 1. The zero-order valence-corrected chi connectivity index (χ0v) is 13.7. The minimum atomic E-state index is -0.957. The van der Waals surface area contributed by atoms with Gasteiger partial charge in [-0.15, -0.1) is 0 Å². The van der Waals surface area contributed by atoms with Gasteiger partial charge < -0.3 is 19.7 Å². The summed E-state index contributed by atoms with van der Waals surface area (Å²) >= 11 is 0. The number of nitrogens with zero attached hydrogens (tertiary/aromatic N) is 1. The molecular formula is C17H19FN2O5. The number of hydrogen-bond acceptors (Lipinski definition) is 5. The molecule has 0 aliphatic heterocycles. The van der Waals surface area contributed by atoms with Crippen molar-refractivity contribution in [1.82, 2.24) is 10.5 Å². The molecule has 0 saturated carbocycles. The second-order valence-corrected chi connectivity index (χ2v) is 5.43. The van der Waals surface area contributed by atoms with Crippen molar-refractivity contribution in [2.75, 3.05) is 6.54 Å². The first kappa shape index (κ1) is 18.4. The molecule has 1 unspecified atom stereocenters. The van der Waals surface area contributed by atoms with Gasteiger partial charge in [0.05, 0.1) is 5.92 Å². The molecule has 2 N–H and O–H groups in total. The van der Waals surface area contributed by atoms with E-state index in [1.54, 1.807) is 12.1 Å². The molecule has 0 aliphatic carbocycles. The maximum absolute atomic E-state index is 13.4. The summed E-state index contributed by atoms with van der Waals surface area (Å²) in [4.78, 5) is 23.0. The van der Waals surface area contributed by atoms with Gasteiger partial charge >= 0.3 is 5.97 Å². The van der Waals surface area contributed by atoms with E-state index in [0.29, 0.717) is 12.8 Å². The maximum atomic E-state index is 13.4. The molecule has 2 aromatic rings. The fourth-order valence-electron chi connectivity index (χ4n) is 2.17. The van der Waals surface area contributed by atoms with E-state index in [-0.39, 0.29) is 30.4 Å². The molecule has 0 fully saturated rings.